The quantitative estimate of drug-likeness (QED) is 0.468. The minimum absolute atomic E-state index is 0.0688. The third-order valence-electron chi connectivity index (χ3n) is 4.78. The molecule has 1 unspecified atom stereocenters. The van der Waals surface area contributed by atoms with Gasteiger partial charge in [-0.2, -0.15) is 0 Å². The van der Waals surface area contributed by atoms with Gasteiger partial charge >= 0.3 is 6.09 Å². The Morgan fingerprint density at radius 3 is 2.48 bits per heavy atom. The molecular formula is C24H33N3O4. The van der Waals surface area contributed by atoms with Gasteiger partial charge in [0, 0.05) is 18.2 Å². The van der Waals surface area contributed by atoms with Gasteiger partial charge in [0.15, 0.2) is 0 Å². The summed E-state index contributed by atoms with van der Waals surface area (Å²) in [5, 5.41) is 5.44. The molecule has 0 heterocycles. The van der Waals surface area contributed by atoms with Gasteiger partial charge in [-0.1, -0.05) is 37.5 Å². The van der Waals surface area contributed by atoms with Crippen LogP contribution in [0.5, 0.6) is 0 Å². The summed E-state index contributed by atoms with van der Waals surface area (Å²) >= 11 is 0. The maximum absolute atomic E-state index is 13.2. The van der Waals surface area contributed by atoms with Crippen LogP contribution in [-0.2, 0) is 14.3 Å². The highest BCUT2D eigenvalue weighted by Gasteiger charge is 2.41. The Bertz CT molecular complexity index is 834. The number of nitrogens with zero attached hydrogens (tertiary/aromatic N) is 1. The average Bonchev–Trinajstić information content (AvgIpc) is 3.54. The fourth-order valence-corrected chi connectivity index (χ4v) is 3.23. The van der Waals surface area contributed by atoms with Gasteiger partial charge in [0.05, 0.1) is 0 Å². The van der Waals surface area contributed by atoms with E-state index in [0.29, 0.717) is 17.7 Å². The topological polar surface area (TPSA) is 87.7 Å². The molecule has 0 saturated heterocycles. The van der Waals surface area contributed by atoms with E-state index >= 15 is 0 Å². The first-order valence-corrected chi connectivity index (χ1v) is 10.8. The maximum Gasteiger partial charge on any atom is 0.408 e. The fourth-order valence-electron chi connectivity index (χ4n) is 3.23. The second kappa shape index (κ2) is 10.9. The van der Waals surface area contributed by atoms with E-state index in [2.05, 4.69) is 16.6 Å². The Hall–Kier alpha value is -3.01. The first-order valence-electron chi connectivity index (χ1n) is 10.8. The van der Waals surface area contributed by atoms with Gasteiger partial charge in [-0.25, -0.2) is 4.79 Å². The van der Waals surface area contributed by atoms with Crippen molar-refractivity contribution in [3.63, 3.8) is 0 Å². The molecule has 1 fully saturated rings. The third-order valence-corrected chi connectivity index (χ3v) is 4.78. The summed E-state index contributed by atoms with van der Waals surface area (Å²) < 4.78 is 5.21. The van der Waals surface area contributed by atoms with E-state index in [0.717, 1.165) is 25.7 Å². The lowest BCUT2D eigenvalue weighted by atomic mass is 9.98. The molecule has 2 N–H and O–H groups in total. The van der Waals surface area contributed by atoms with Crippen molar-refractivity contribution >= 4 is 17.9 Å². The van der Waals surface area contributed by atoms with Crippen molar-refractivity contribution < 1.29 is 19.1 Å². The monoisotopic (exact) mass is 427 g/mol. The summed E-state index contributed by atoms with van der Waals surface area (Å²) in [6, 6.07) is 6.22. The van der Waals surface area contributed by atoms with Crippen LogP contribution in [-0.4, -0.2) is 47.5 Å². The van der Waals surface area contributed by atoms with Crippen LogP contribution < -0.4 is 10.6 Å². The van der Waals surface area contributed by atoms with Gasteiger partial charge in [0.1, 0.15) is 18.2 Å². The SMILES string of the molecule is C#Cc1ccccc1C(C(=O)NCCCC)N(C(=O)CNC(=O)OC(C)(C)C)C1CC1. The number of hydrogen-bond donors (Lipinski definition) is 2. The van der Waals surface area contributed by atoms with Crippen LogP contribution in [0.1, 0.15) is 70.5 Å². The molecule has 3 amide bonds. The van der Waals surface area contributed by atoms with Crippen LogP contribution in [0.15, 0.2) is 24.3 Å². The van der Waals surface area contributed by atoms with Crippen molar-refractivity contribution in [1.82, 2.24) is 15.5 Å². The molecule has 7 heteroatoms. The van der Waals surface area contributed by atoms with Crippen LogP contribution >= 0.6 is 0 Å². The molecule has 0 bridgehead atoms. The van der Waals surface area contributed by atoms with Crippen molar-refractivity contribution in [2.45, 2.75) is 71.1 Å². The van der Waals surface area contributed by atoms with Crippen molar-refractivity contribution in [2.75, 3.05) is 13.1 Å². The molecule has 7 nitrogen and oxygen atoms in total. The second-order valence-corrected chi connectivity index (χ2v) is 8.67. The molecule has 31 heavy (non-hydrogen) atoms. The highest BCUT2D eigenvalue weighted by atomic mass is 16.6. The molecule has 1 aromatic carbocycles. The zero-order valence-corrected chi connectivity index (χ0v) is 18.9. The van der Waals surface area contributed by atoms with Crippen LogP contribution in [0.25, 0.3) is 0 Å². The summed E-state index contributed by atoms with van der Waals surface area (Å²) in [6.45, 7) is 7.55. The number of hydrogen-bond acceptors (Lipinski definition) is 4. The Kier molecular flexibility index (Phi) is 8.49. The number of benzene rings is 1. The number of nitrogens with one attached hydrogen (secondary N) is 2. The van der Waals surface area contributed by atoms with Crippen LogP contribution in [0.3, 0.4) is 0 Å². The van der Waals surface area contributed by atoms with E-state index in [9.17, 15) is 14.4 Å². The lowest BCUT2D eigenvalue weighted by Crippen LogP contribution is -2.49. The van der Waals surface area contributed by atoms with Crippen molar-refractivity contribution in [3.05, 3.63) is 35.4 Å². The van der Waals surface area contributed by atoms with E-state index in [1.807, 2.05) is 6.92 Å². The minimum Gasteiger partial charge on any atom is -0.444 e. The van der Waals surface area contributed by atoms with Crippen molar-refractivity contribution in [2.24, 2.45) is 0 Å². The maximum atomic E-state index is 13.2. The normalized spacial score (nSPS) is 14.2. The zero-order chi connectivity index (χ0) is 23.0. The highest BCUT2D eigenvalue weighted by Crippen LogP contribution is 2.36. The third kappa shape index (κ3) is 7.32. The van der Waals surface area contributed by atoms with Crippen molar-refractivity contribution in [1.29, 1.82) is 0 Å². The van der Waals surface area contributed by atoms with Gasteiger partial charge in [-0.15, -0.1) is 6.42 Å². The molecule has 1 atom stereocenters. The van der Waals surface area contributed by atoms with E-state index in [4.69, 9.17) is 11.2 Å². The minimum atomic E-state index is -0.857. The number of rotatable bonds is 9. The molecule has 2 rings (SSSR count). The smallest absolute Gasteiger partial charge is 0.408 e. The van der Waals surface area contributed by atoms with Crippen LogP contribution in [0.4, 0.5) is 4.79 Å². The number of amides is 3. The number of alkyl carbamates (subject to hydrolysis) is 1. The average molecular weight is 428 g/mol. The summed E-state index contributed by atoms with van der Waals surface area (Å²) in [5.74, 6) is 2.00. The molecule has 0 aromatic heterocycles. The Labute approximate surface area is 184 Å². The molecule has 0 radical (unpaired) electrons. The predicted molar refractivity (Wildman–Crippen MR) is 119 cm³/mol. The largest absolute Gasteiger partial charge is 0.444 e. The fraction of sp³-hybridized carbons (Fsp3) is 0.542. The molecule has 1 aromatic rings. The van der Waals surface area contributed by atoms with Crippen LogP contribution in [0, 0.1) is 12.3 Å². The Morgan fingerprint density at radius 1 is 1.23 bits per heavy atom. The number of terminal acetylenes is 1. The standard InChI is InChI=1S/C24H33N3O4/c1-6-8-15-25-22(29)21(19-12-10-9-11-17(19)7-2)27(18-13-14-18)20(28)16-26-23(30)31-24(3,4)5/h2,9-12,18,21H,6,8,13-16H2,1,3-5H3,(H,25,29)(H,26,30). The zero-order valence-electron chi connectivity index (χ0n) is 18.9. The summed E-state index contributed by atoms with van der Waals surface area (Å²) in [6.07, 6.45) is 8.38. The molecule has 0 aliphatic heterocycles. The molecular weight excluding hydrogens is 394 g/mol. The van der Waals surface area contributed by atoms with Gasteiger partial charge in [-0.05, 0) is 51.7 Å². The number of carbonyl (C=O) groups is 3. The first kappa shape index (κ1) is 24.3. The molecule has 1 aliphatic carbocycles. The van der Waals surface area contributed by atoms with Gasteiger partial charge in [-0.3, -0.25) is 9.59 Å². The number of unbranched alkanes of at least 4 members (excludes halogenated alkanes) is 1. The number of carbonyl (C=O) groups excluding carboxylic acids is 3. The van der Waals surface area contributed by atoms with E-state index < -0.39 is 17.7 Å². The van der Waals surface area contributed by atoms with Crippen molar-refractivity contribution in [3.8, 4) is 12.3 Å². The van der Waals surface area contributed by atoms with Crippen LogP contribution in [0.2, 0.25) is 0 Å². The second-order valence-electron chi connectivity index (χ2n) is 8.67. The lowest BCUT2D eigenvalue weighted by Gasteiger charge is -2.32. The summed E-state index contributed by atoms with van der Waals surface area (Å²) in [4.78, 5) is 39.9. The van der Waals surface area contributed by atoms with E-state index in [1.165, 1.54) is 0 Å². The highest BCUT2D eigenvalue weighted by molar-refractivity contribution is 5.91. The number of ether oxygens (including phenoxy) is 1. The molecule has 1 aliphatic rings. The van der Waals surface area contributed by atoms with E-state index in [1.54, 1.807) is 49.9 Å². The van der Waals surface area contributed by atoms with E-state index in [-0.39, 0.29) is 24.4 Å². The van der Waals surface area contributed by atoms with Gasteiger partial charge in [0.2, 0.25) is 11.8 Å². The predicted octanol–water partition coefficient (Wildman–Crippen LogP) is 3.14. The molecule has 168 valence electrons. The summed E-state index contributed by atoms with van der Waals surface area (Å²) in [7, 11) is 0. The van der Waals surface area contributed by atoms with Gasteiger partial charge in [0.25, 0.3) is 0 Å². The lowest BCUT2D eigenvalue weighted by molar-refractivity contribution is -0.140. The first-order chi connectivity index (χ1) is 14.7. The van der Waals surface area contributed by atoms with Gasteiger partial charge < -0.3 is 20.3 Å². The molecule has 0 spiro atoms. The summed E-state index contributed by atoms with van der Waals surface area (Å²) in [5.41, 5.74) is 0.504. The Morgan fingerprint density at radius 2 is 1.90 bits per heavy atom. The molecule has 1 saturated carbocycles. The Balaban J connectivity index is 2.27.